The van der Waals surface area contributed by atoms with Crippen LogP contribution in [0.15, 0.2) is 24.3 Å². The predicted octanol–water partition coefficient (Wildman–Crippen LogP) is 4.51. The van der Waals surface area contributed by atoms with E-state index in [-0.39, 0.29) is 46.5 Å². The molecule has 0 amide bonds. The summed E-state index contributed by atoms with van der Waals surface area (Å²) >= 11 is 0. The number of benzene rings is 2. The highest BCUT2D eigenvalue weighted by atomic mass is 19.1. The molecule has 2 spiro atoms. The quantitative estimate of drug-likeness (QED) is 0.623. The lowest BCUT2D eigenvalue weighted by Crippen LogP contribution is -2.16. The van der Waals surface area contributed by atoms with Crippen molar-refractivity contribution in [3.63, 3.8) is 0 Å². The zero-order valence-electron chi connectivity index (χ0n) is 20.7. The lowest BCUT2D eigenvalue weighted by Gasteiger charge is -2.14. The fourth-order valence-corrected chi connectivity index (χ4v) is 6.54. The SMILES string of the molecule is CCOC(=O)C1CC12CCc1ccc(OC)c(F)c12.COC(=O)C1CC12CCc1ccc(O)c(F)c12. The Hall–Kier alpha value is -3.16. The van der Waals surface area contributed by atoms with Crippen molar-refractivity contribution in [1.29, 1.82) is 0 Å². The van der Waals surface area contributed by atoms with Gasteiger partial charge in [0.05, 0.1) is 32.7 Å². The summed E-state index contributed by atoms with van der Waals surface area (Å²) in [5.41, 5.74) is 2.39. The lowest BCUT2D eigenvalue weighted by molar-refractivity contribution is -0.145. The fourth-order valence-electron chi connectivity index (χ4n) is 6.54. The van der Waals surface area contributed by atoms with Crippen LogP contribution < -0.4 is 4.74 Å². The van der Waals surface area contributed by atoms with Crippen molar-refractivity contribution in [2.24, 2.45) is 11.8 Å². The summed E-state index contributed by atoms with van der Waals surface area (Å²) in [6.07, 6.45) is 4.51. The number of methoxy groups -OCH3 is 2. The summed E-state index contributed by atoms with van der Waals surface area (Å²) in [6.45, 7) is 2.16. The van der Waals surface area contributed by atoms with Gasteiger partial charge in [0.25, 0.3) is 0 Å². The number of halogens is 2. The maximum Gasteiger partial charge on any atom is 0.309 e. The average Bonchev–Trinajstić information content (AvgIpc) is 3.69. The molecule has 2 aromatic rings. The van der Waals surface area contributed by atoms with Gasteiger partial charge in [-0.2, -0.15) is 0 Å². The second-order valence-corrected chi connectivity index (χ2v) is 10.1. The van der Waals surface area contributed by atoms with E-state index in [1.807, 2.05) is 6.07 Å². The van der Waals surface area contributed by atoms with Crippen molar-refractivity contribution in [3.05, 3.63) is 58.2 Å². The third-order valence-electron chi connectivity index (χ3n) is 8.50. The summed E-state index contributed by atoms with van der Waals surface area (Å²) in [5, 5.41) is 9.43. The summed E-state index contributed by atoms with van der Waals surface area (Å²) in [5.74, 6) is -1.84. The Balaban J connectivity index is 0.000000149. The maximum atomic E-state index is 14.5. The molecule has 0 saturated heterocycles. The van der Waals surface area contributed by atoms with E-state index >= 15 is 0 Å². The number of ether oxygens (including phenoxy) is 3. The number of aromatic hydroxyl groups is 1. The van der Waals surface area contributed by atoms with Crippen molar-refractivity contribution < 1.29 is 37.7 Å². The Labute approximate surface area is 208 Å². The van der Waals surface area contributed by atoms with Crippen LogP contribution in [0.2, 0.25) is 0 Å². The highest BCUT2D eigenvalue weighted by Crippen LogP contribution is 2.64. The number of phenols is 1. The number of phenolic OH excluding ortho intramolecular Hbond substituents is 1. The zero-order valence-corrected chi connectivity index (χ0v) is 20.7. The number of carbonyl (C=O) groups excluding carboxylic acids is 2. The molecule has 1 N–H and O–H groups in total. The molecule has 8 heteroatoms. The summed E-state index contributed by atoms with van der Waals surface area (Å²) in [4.78, 5) is 23.4. The largest absolute Gasteiger partial charge is 0.505 e. The van der Waals surface area contributed by atoms with E-state index < -0.39 is 11.2 Å². The molecule has 0 bridgehead atoms. The van der Waals surface area contributed by atoms with Crippen LogP contribution in [0.1, 0.15) is 54.9 Å². The molecule has 4 aliphatic carbocycles. The average molecular weight is 501 g/mol. The van der Waals surface area contributed by atoms with Crippen LogP contribution in [-0.2, 0) is 42.7 Å². The second-order valence-electron chi connectivity index (χ2n) is 10.1. The highest BCUT2D eigenvalue weighted by Gasteiger charge is 2.64. The molecule has 2 fully saturated rings. The van der Waals surface area contributed by atoms with Gasteiger partial charge in [0, 0.05) is 22.0 Å². The first-order valence-electron chi connectivity index (χ1n) is 12.3. The molecule has 0 aromatic heterocycles. The first kappa shape index (κ1) is 24.5. The van der Waals surface area contributed by atoms with Crippen molar-refractivity contribution in [2.75, 3.05) is 20.8 Å². The fraction of sp³-hybridized carbons (Fsp3) is 0.500. The van der Waals surface area contributed by atoms with Crippen LogP contribution in [0, 0.1) is 23.5 Å². The summed E-state index contributed by atoms with van der Waals surface area (Å²) in [7, 11) is 2.81. The number of esters is 2. The van der Waals surface area contributed by atoms with Gasteiger partial charge in [-0.05, 0) is 68.7 Å². The minimum atomic E-state index is -0.564. The molecule has 6 nitrogen and oxygen atoms in total. The molecule has 2 aromatic carbocycles. The number of hydrogen-bond acceptors (Lipinski definition) is 6. The standard InChI is InChI=1S/C15H17FO3.C13H13FO3/c1-3-19-14(17)10-8-15(10)7-6-9-4-5-11(18-2)13(16)12(9)15;1-17-12(16)8-6-13(8)5-4-7-2-3-9(15)11(14)10(7)13/h4-5,10H,3,6-8H2,1-2H3;2-3,8,15H,4-6H2,1H3. The Morgan fingerprint density at radius 3 is 2.03 bits per heavy atom. The minimum Gasteiger partial charge on any atom is -0.505 e. The van der Waals surface area contributed by atoms with Crippen LogP contribution in [0.4, 0.5) is 8.78 Å². The van der Waals surface area contributed by atoms with Gasteiger partial charge in [0.15, 0.2) is 23.1 Å². The van der Waals surface area contributed by atoms with Gasteiger partial charge in [-0.1, -0.05) is 12.1 Å². The molecule has 0 heterocycles. The molecule has 192 valence electrons. The number of aryl methyl sites for hydroxylation is 2. The second kappa shape index (κ2) is 8.75. The van der Waals surface area contributed by atoms with Crippen LogP contribution in [-0.4, -0.2) is 37.9 Å². The van der Waals surface area contributed by atoms with Crippen LogP contribution in [0.5, 0.6) is 11.5 Å². The third-order valence-corrected chi connectivity index (χ3v) is 8.50. The molecule has 4 aliphatic rings. The van der Waals surface area contributed by atoms with E-state index in [0.717, 1.165) is 36.8 Å². The van der Waals surface area contributed by atoms with E-state index in [1.165, 1.54) is 20.3 Å². The normalized spacial score (nSPS) is 28.1. The number of carbonyl (C=O) groups is 2. The number of hydrogen-bond donors (Lipinski definition) is 1. The lowest BCUT2D eigenvalue weighted by atomic mass is 9.94. The summed E-state index contributed by atoms with van der Waals surface area (Å²) in [6, 6.07) is 6.69. The van der Waals surface area contributed by atoms with Gasteiger partial charge < -0.3 is 19.3 Å². The smallest absolute Gasteiger partial charge is 0.309 e. The number of rotatable bonds is 4. The van der Waals surface area contributed by atoms with Crippen LogP contribution >= 0.6 is 0 Å². The van der Waals surface area contributed by atoms with Gasteiger partial charge in [-0.15, -0.1) is 0 Å². The number of fused-ring (bicyclic) bond motifs is 4. The monoisotopic (exact) mass is 500 g/mol. The molecule has 0 aliphatic heterocycles. The van der Waals surface area contributed by atoms with Crippen molar-refractivity contribution in [1.82, 2.24) is 0 Å². The molecular formula is C28H30F2O6. The highest BCUT2D eigenvalue weighted by molar-refractivity contribution is 5.81. The van der Waals surface area contributed by atoms with Crippen LogP contribution in [0.3, 0.4) is 0 Å². The summed E-state index contributed by atoms with van der Waals surface area (Å²) < 4.78 is 43.3. The van der Waals surface area contributed by atoms with Crippen molar-refractivity contribution in [2.45, 2.75) is 56.3 Å². The Morgan fingerprint density at radius 1 is 0.917 bits per heavy atom. The zero-order chi connectivity index (χ0) is 25.8. The first-order valence-corrected chi connectivity index (χ1v) is 12.3. The predicted molar refractivity (Wildman–Crippen MR) is 126 cm³/mol. The van der Waals surface area contributed by atoms with Gasteiger partial charge in [-0.25, -0.2) is 8.78 Å². The van der Waals surface area contributed by atoms with Gasteiger partial charge in [-0.3, -0.25) is 9.59 Å². The van der Waals surface area contributed by atoms with Crippen LogP contribution in [0.25, 0.3) is 0 Å². The first-order chi connectivity index (χ1) is 17.2. The molecule has 0 radical (unpaired) electrons. The van der Waals surface area contributed by atoms with Gasteiger partial charge in [0.1, 0.15) is 0 Å². The molecule has 2 saturated carbocycles. The van der Waals surface area contributed by atoms with Crippen molar-refractivity contribution in [3.8, 4) is 11.5 Å². The third kappa shape index (κ3) is 3.56. The topological polar surface area (TPSA) is 82.1 Å². The molecule has 4 unspecified atom stereocenters. The molecule has 36 heavy (non-hydrogen) atoms. The molecule has 6 rings (SSSR count). The van der Waals surface area contributed by atoms with E-state index in [4.69, 9.17) is 14.2 Å². The van der Waals surface area contributed by atoms with Crippen molar-refractivity contribution >= 4 is 11.9 Å². The molecule has 4 atom stereocenters. The van der Waals surface area contributed by atoms with Gasteiger partial charge in [0.2, 0.25) is 0 Å². The Kier molecular flexibility index (Phi) is 5.96. The Morgan fingerprint density at radius 2 is 1.47 bits per heavy atom. The van der Waals surface area contributed by atoms with E-state index in [0.29, 0.717) is 30.6 Å². The van der Waals surface area contributed by atoms with E-state index in [2.05, 4.69) is 0 Å². The molecular weight excluding hydrogens is 470 g/mol. The Bertz CT molecular complexity index is 1240. The minimum absolute atomic E-state index is 0.185. The van der Waals surface area contributed by atoms with E-state index in [9.17, 15) is 23.5 Å². The maximum absolute atomic E-state index is 14.5. The van der Waals surface area contributed by atoms with E-state index in [1.54, 1.807) is 19.1 Å². The van der Waals surface area contributed by atoms with Gasteiger partial charge >= 0.3 is 11.9 Å².